The molecule has 0 saturated heterocycles. The first-order valence-corrected chi connectivity index (χ1v) is 7.36. The number of ether oxygens (including phenoxy) is 1. The summed E-state index contributed by atoms with van der Waals surface area (Å²) in [6.07, 6.45) is 0. The molecule has 9 heteroatoms. The maximum absolute atomic E-state index is 11.2. The molecular weight excluding hydrogens is 353 g/mol. The second-order valence-electron chi connectivity index (χ2n) is 4.16. The normalized spacial score (nSPS) is 10.8. The van der Waals surface area contributed by atoms with Crippen LogP contribution in [0.2, 0.25) is 10.0 Å². The summed E-state index contributed by atoms with van der Waals surface area (Å²) in [5.41, 5.74) is 0.142. The molecule has 0 saturated carbocycles. The van der Waals surface area contributed by atoms with Gasteiger partial charge in [-0.25, -0.2) is 4.79 Å². The zero-order valence-corrected chi connectivity index (χ0v) is 12.9. The molecule has 0 bridgehead atoms. The van der Waals surface area contributed by atoms with E-state index in [1.54, 1.807) is 12.1 Å². The van der Waals surface area contributed by atoms with Gasteiger partial charge in [-0.1, -0.05) is 34.5 Å². The fourth-order valence-electron chi connectivity index (χ4n) is 1.78. The van der Waals surface area contributed by atoms with Crippen LogP contribution in [0, 0.1) is 10.1 Å². The molecular formula is C13H5Cl2NO5S. The van der Waals surface area contributed by atoms with Crippen molar-refractivity contribution in [3.05, 3.63) is 60.2 Å². The number of fused-ring (bicyclic) bond motifs is 1. The number of benzene rings is 2. The third-order valence-corrected chi connectivity index (χ3v) is 4.08. The van der Waals surface area contributed by atoms with Gasteiger partial charge >= 0.3 is 4.94 Å². The molecule has 1 heterocycles. The number of non-ortho nitro benzene ring substituents is 1. The summed E-state index contributed by atoms with van der Waals surface area (Å²) < 4.78 is 11.2. The second kappa shape index (κ2) is 5.60. The number of hydrogen-bond acceptors (Lipinski definition) is 6. The molecule has 0 aliphatic rings. The van der Waals surface area contributed by atoms with Crippen molar-refractivity contribution < 1.29 is 14.1 Å². The lowest BCUT2D eigenvalue weighted by Crippen LogP contribution is -1.91. The van der Waals surface area contributed by atoms with Gasteiger partial charge in [0.2, 0.25) is 0 Å². The van der Waals surface area contributed by atoms with Crippen LogP contribution in [-0.4, -0.2) is 4.92 Å². The van der Waals surface area contributed by atoms with Crippen LogP contribution in [0.25, 0.3) is 10.3 Å². The number of nitrogens with zero attached hydrogens (tertiary/aromatic N) is 1. The number of nitro benzene ring substituents is 1. The molecule has 0 N–H and O–H groups in total. The summed E-state index contributed by atoms with van der Waals surface area (Å²) in [6, 6.07) is 7.08. The second-order valence-corrected chi connectivity index (χ2v) is 5.95. The van der Waals surface area contributed by atoms with Gasteiger partial charge in [0.05, 0.1) is 19.7 Å². The maximum Gasteiger partial charge on any atom is 0.396 e. The fourth-order valence-corrected chi connectivity index (χ4v) is 2.98. The molecule has 0 fully saturated rings. The van der Waals surface area contributed by atoms with Crippen LogP contribution in [-0.2, 0) is 0 Å². The van der Waals surface area contributed by atoms with Gasteiger partial charge in [0, 0.05) is 18.2 Å². The SMILES string of the molecule is O=c1oc2cc(Oc3c(Cl)cc([N+](=O)[O-])cc3Cl)ccc2s1. The van der Waals surface area contributed by atoms with E-state index in [1.807, 2.05) is 0 Å². The van der Waals surface area contributed by atoms with Crippen molar-refractivity contribution in [2.75, 3.05) is 0 Å². The minimum absolute atomic E-state index is 0.00562. The standard InChI is InChI=1S/C13H5Cl2NO5S/c14-8-3-6(16(18)19)4-9(15)12(8)20-7-1-2-11-10(5-7)21-13(17)22-11/h1-5H. The Morgan fingerprint density at radius 1 is 1.18 bits per heavy atom. The first-order valence-electron chi connectivity index (χ1n) is 5.79. The molecule has 0 radical (unpaired) electrons. The monoisotopic (exact) mass is 357 g/mol. The summed E-state index contributed by atoms with van der Waals surface area (Å²) in [6.45, 7) is 0. The largest absolute Gasteiger partial charge is 0.454 e. The van der Waals surface area contributed by atoms with E-state index in [4.69, 9.17) is 32.4 Å². The third kappa shape index (κ3) is 2.78. The highest BCUT2D eigenvalue weighted by atomic mass is 35.5. The van der Waals surface area contributed by atoms with Gasteiger partial charge in [-0.3, -0.25) is 10.1 Å². The highest BCUT2D eigenvalue weighted by Crippen LogP contribution is 2.39. The van der Waals surface area contributed by atoms with E-state index in [0.717, 1.165) is 23.5 Å². The van der Waals surface area contributed by atoms with Crippen molar-refractivity contribution in [2.24, 2.45) is 0 Å². The van der Waals surface area contributed by atoms with Crippen LogP contribution in [0.1, 0.15) is 0 Å². The van der Waals surface area contributed by atoms with Crippen LogP contribution in [0.4, 0.5) is 5.69 Å². The lowest BCUT2D eigenvalue weighted by molar-refractivity contribution is -0.384. The van der Waals surface area contributed by atoms with Gasteiger partial charge in [-0.05, 0) is 12.1 Å². The molecule has 6 nitrogen and oxygen atoms in total. The highest BCUT2D eigenvalue weighted by Gasteiger charge is 2.17. The average molecular weight is 358 g/mol. The quantitative estimate of drug-likeness (QED) is 0.493. The van der Waals surface area contributed by atoms with Crippen LogP contribution in [0.5, 0.6) is 11.5 Å². The van der Waals surface area contributed by atoms with Gasteiger partial charge in [-0.2, -0.15) is 0 Å². The predicted octanol–water partition coefficient (Wildman–Crippen LogP) is 4.86. The summed E-state index contributed by atoms with van der Waals surface area (Å²) >= 11 is 12.9. The Labute approximate surface area is 136 Å². The van der Waals surface area contributed by atoms with Crippen molar-refractivity contribution in [1.82, 2.24) is 0 Å². The Balaban J connectivity index is 2.00. The summed E-state index contributed by atoms with van der Waals surface area (Å²) in [5.74, 6) is 0.428. The Bertz CT molecular complexity index is 926. The first-order chi connectivity index (χ1) is 10.4. The first kappa shape index (κ1) is 14.8. The molecule has 0 aliphatic carbocycles. The van der Waals surface area contributed by atoms with Crippen LogP contribution in [0.15, 0.2) is 39.5 Å². The zero-order valence-electron chi connectivity index (χ0n) is 10.5. The summed E-state index contributed by atoms with van der Waals surface area (Å²) in [7, 11) is 0. The van der Waals surface area contributed by atoms with E-state index in [-0.39, 0.29) is 21.5 Å². The van der Waals surface area contributed by atoms with Gasteiger partial charge in [0.15, 0.2) is 11.3 Å². The molecule has 0 aliphatic heterocycles. The average Bonchev–Trinajstić information content (AvgIpc) is 2.81. The van der Waals surface area contributed by atoms with E-state index in [1.165, 1.54) is 6.07 Å². The lowest BCUT2D eigenvalue weighted by Gasteiger charge is -2.09. The maximum atomic E-state index is 11.2. The van der Waals surface area contributed by atoms with E-state index >= 15 is 0 Å². The van der Waals surface area contributed by atoms with E-state index in [2.05, 4.69) is 0 Å². The number of nitro groups is 1. The molecule has 0 atom stereocenters. The van der Waals surface area contributed by atoms with E-state index < -0.39 is 9.86 Å². The van der Waals surface area contributed by atoms with Crippen molar-refractivity contribution >= 4 is 50.5 Å². The van der Waals surface area contributed by atoms with E-state index in [9.17, 15) is 14.9 Å². The summed E-state index contributed by atoms with van der Waals surface area (Å²) in [5, 5.41) is 10.7. The Kier molecular flexibility index (Phi) is 3.78. The van der Waals surface area contributed by atoms with Gasteiger partial charge in [-0.15, -0.1) is 0 Å². The molecule has 2 aromatic carbocycles. The van der Waals surface area contributed by atoms with Gasteiger partial charge < -0.3 is 9.15 Å². The van der Waals surface area contributed by atoms with Crippen LogP contribution in [0.3, 0.4) is 0 Å². The van der Waals surface area contributed by atoms with Crippen LogP contribution < -0.4 is 9.68 Å². The molecule has 0 spiro atoms. The number of halogens is 2. The molecule has 0 unspecified atom stereocenters. The molecule has 0 amide bonds. The zero-order chi connectivity index (χ0) is 15.9. The molecule has 3 aromatic rings. The summed E-state index contributed by atoms with van der Waals surface area (Å²) in [4.78, 5) is 20.9. The molecule has 3 rings (SSSR count). The lowest BCUT2D eigenvalue weighted by atomic mass is 10.3. The van der Waals surface area contributed by atoms with Crippen molar-refractivity contribution in [3.63, 3.8) is 0 Å². The molecule has 1 aromatic heterocycles. The third-order valence-electron chi connectivity index (χ3n) is 2.72. The van der Waals surface area contributed by atoms with Crippen molar-refractivity contribution in [1.29, 1.82) is 0 Å². The van der Waals surface area contributed by atoms with Crippen LogP contribution >= 0.6 is 34.5 Å². The number of rotatable bonds is 3. The predicted molar refractivity (Wildman–Crippen MR) is 83.6 cm³/mol. The van der Waals surface area contributed by atoms with Gasteiger partial charge in [0.25, 0.3) is 5.69 Å². The minimum Gasteiger partial charge on any atom is -0.454 e. The van der Waals surface area contributed by atoms with Crippen molar-refractivity contribution in [2.45, 2.75) is 0 Å². The van der Waals surface area contributed by atoms with Crippen molar-refractivity contribution in [3.8, 4) is 11.5 Å². The topological polar surface area (TPSA) is 82.6 Å². The molecule has 112 valence electrons. The molecule has 22 heavy (non-hydrogen) atoms. The Hall–Kier alpha value is -2.09. The van der Waals surface area contributed by atoms with E-state index in [0.29, 0.717) is 16.0 Å². The Morgan fingerprint density at radius 3 is 2.50 bits per heavy atom. The fraction of sp³-hybridized carbons (Fsp3) is 0. The smallest absolute Gasteiger partial charge is 0.396 e. The minimum atomic E-state index is -0.604. The highest BCUT2D eigenvalue weighted by molar-refractivity contribution is 7.16. The Morgan fingerprint density at radius 2 is 1.86 bits per heavy atom. The number of hydrogen-bond donors (Lipinski definition) is 0. The van der Waals surface area contributed by atoms with Gasteiger partial charge in [0.1, 0.15) is 5.75 Å².